The van der Waals surface area contributed by atoms with Gasteiger partial charge in [0.15, 0.2) is 6.61 Å². The smallest absolute Gasteiger partial charge is 0.255 e. The monoisotopic (exact) mass is 366 g/mol. The molecule has 0 heterocycles. The molecule has 0 atom stereocenters. The van der Waals surface area contributed by atoms with E-state index in [9.17, 15) is 4.79 Å². The number of carbonyl (C=O) groups is 1. The fraction of sp³-hybridized carbons (Fsp3) is 0.364. The van der Waals surface area contributed by atoms with Crippen LogP contribution in [0.5, 0.6) is 11.5 Å². The van der Waals surface area contributed by atoms with Gasteiger partial charge >= 0.3 is 0 Å². The van der Waals surface area contributed by atoms with Crippen LogP contribution in [0.2, 0.25) is 0 Å². The minimum absolute atomic E-state index is 0.0303. The Hall–Kier alpha value is -3.00. The molecule has 2 aromatic carbocycles. The molecule has 2 aromatic rings. The fourth-order valence-corrected chi connectivity index (χ4v) is 2.58. The first-order valence-electron chi connectivity index (χ1n) is 9.37. The zero-order chi connectivity index (χ0) is 19.3. The van der Waals surface area contributed by atoms with E-state index in [0.29, 0.717) is 23.6 Å². The first-order chi connectivity index (χ1) is 13.2. The molecule has 5 nitrogen and oxygen atoms in total. The predicted molar refractivity (Wildman–Crippen MR) is 106 cm³/mol. The van der Waals surface area contributed by atoms with Crippen molar-refractivity contribution in [3.8, 4) is 17.6 Å². The van der Waals surface area contributed by atoms with Gasteiger partial charge in [0.2, 0.25) is 0 Å². The van der Waals surface area contributed by atoms with Crippen LogP contribution in [0, 0.1) is 11.3 Å². The molecule has 0 aromatic heterocycles. The van der Waals surface area contributed by atoms with Gasteiger partial charge in [0.25, 0.3) is 5.91 Å². The number of unbranched alkanes of at least 4 members (excludes halogenated alkanes) is 4. The Morgan fingerprint density at radius 2 is 1.78 bits per heavy atom. The average Bonchev–Trinajstić information content (AvgIpc) is 2.70. The molecule has 0 aliphatic heterocycles. The molecule has 0 bridgehead atoms. The molecular weight excluding hydrogens is 340 g/mol. The molecule has 142 valence electrons. The lowest BCUT2D eigenvalue weighted by Crippen LogP contribution is -2.11. The van der Waals surface area contributed by atoms with Crippen molar-refractivity contribution >= 4 is 11.6 Å². The lowest BCUT2D eigenvalue weighted by Gasteiger charge is -2.09. The highest BCUT2D eigenvalue weighted by atomic mass is 16.5. The van der Waals surface area contributed by atoms with Gasteiger partial charge in [-0.25, -0.2) is 0 Å². The van der Waals surface area contributed by atoms with Crippen LogP contribution in [0.1, 0.15) is 49.4 Å². The summed E-state index contributed by atoms with van der Waals surface area (Å²) in [4.78, 5) is 12.4. The lowest BCUT2D eigenvalue weighted by molar-refractivity contribution is 0.102. The number of amides is 1. The maximum atomic E-state index is 12.4. The number of anilines is 1. The summed E-state index contributed by atoms with van der Waals surface area (Å²) < 4.78 is 11.0. The van der Waals surface area contributed by atoms with E-state index in [1.54, 1.807) is 36.4 Å². The number of carbonyl (C=O) groups excluding carboxylic acids is 1. The number of hydrogen-bond donors (Lipinski definition) is 1. The van der Waals surface area contributed by atoms with Crippen LogP contribution in [-0.4, -0.2) is 19.1 Å². The highest BCUT2D eigenvalue weighted by molar-refractivity contribution is 6.04. The van der Waals surface area contributed by atoms with E-state index in [1.807, 2.05) is 18.2 Å². The average molecular weight is 366 g/mol. The zero-order valence-electron chi connectivity index (χ0n) is 15.7. The summed E-state index contributed by atoms with van der Waals surface area (Å²) in [7, 11) is 0. The van der Waals surface area contributed by atoms with Gasteiger partial charge in [0.05, 0.1) is 6.61 Å². The summed E-state index contributed by atoms with van der Waals surface area (Å²) in [6.07, 6.45) is 6.00. The van der Waals surface area contributed by atoms with Gasteiger partial charge < -0.3 is 14.8 Å². The van der Waals surface area contributed by atoms with E-state index < -0.39 is 0 Å². The number of nitrogens with zero attached hydrogens (tertiary/aromatic N) is 1. The van der Waals surface area contributed by atoms with Gasteiger partial charge in [-0.2, -0.15) is 5.26 Å². The second-order valence-electron chi connectivity index (χ2n) is 6.22. The van der Waals surface area contributed by atoms with Crippen molar-refractivity contribution in [3.63, 3.8) is 0 Å². The molecule has 1 amide bonds. The quantitative estimate of drug-likeness (QED) is 0.556. The van der Waals surface area contributed by atoms with E-state index >= 15 is 0 Å². The van der Waals surface area contributed by atoms with E-state index in [4.69, 9.17) is 14.7 Å². The van der Waals surface area contributed by atoms with Gasteiger partial charge in [-0.1, -0.05) is 38.7 Å². The molecule has 0 saturated heterocycles. The Bertz CT molecular complexity index is 751. The third kappa shape index (κ3) is 7.41. The lowest BCUT2D eigenvalue weighted by atomic mass is 10.1. The normalized spacial score (nSPS) is 10.1. The minimum atomic E-state index is -0.210. The second-order valence-corrected chi connectivity index (χ2v) is 6.22. The molecular formula is C22H26N2O3. The van der Waals surface area contributed by atoms with Crippen LogP contribution in [0.15, 0.2) is 48.5 Å². The summed E-state index contributed by atoms with van der Waals surface area (Å²) in [5.41, 5.74) is 1.16. The Labute approximate surface area is 160 Å². The molecule has 1 N–H and O–H groups in total. The van der Waals surface area contributed by atoms with E-state index in [1.165, 1.54) is 25.7 Å². The highest BCUT2D eigenvalue weighted by Crippen LogP contribution is 2.19. The largest absolute Gasteiger partial charge is 0.494 e. The fourth-order valence-electron chi connectivity index (χ4n) is 2.58. The molecule has 0 fully saturated rings. The Morgan fingerprint density at radius 3 is 2.52 bits per heavy atom. The van der Waals surface area contributed by atoms with Crippen LogP contribution >= 0.6 is 0 Å². The van der Waals surface area contributed by atoms with Gasteiger partial charge in [-0.05, 0) is 42.8 Å². The Balaban J connectivity index is 1.82. The summed E-state index contributed by atoms with van der Waals surface area (Å²) >= 11 is 0. The van der Waals surface area contributed by atoms with Gasteiger partial charge in [-0.15, -0.1) is 0 Å². The molecule has 2 rings (SSSR count). The molecule has 0 saturated carbocycles. The van der Waals surface area contributed by atoms with Gasteiger partial charge in [0.1, 0.15) is 17.6 Å². The van der Waals surface area contributed by atoms with Gasteiger partial charge in [-0.3, -0.25) is 4.79 Å². The second kappa shape index (κ2) is 11.6. The number of benzene rings is 2. The van der Waals surface area contributed by atoms with E-state index in [0.717, 1.165) is 12.2 Å². The molecule has 5 heteroatoms. The van der Waals surface area contributed by atoms with Crippen molar-refractivity contribution in [3.05, 3.63) is 54.1 Å². The van der Waals surface area contributed by atoms with Gasteiger partial charge in [0, 0.05) is 17.3 Å². The first kappa shape index (κ1) is 20.3. The molecule has 0 aliphatic carbocycles. The van der Waals surface area contributed by atoms with Crippen LogP contribution in [-0.2, 0) is 0 Å². The summed E-state index contributed by atoms with van der Waals surface area (Å²) in [5, 5.41) is 11.4. The molecule has 27 heavy (non-hydrogen) atoms. The maximum absolute atomic E-state index is 12.4. The first-order valence-corrected chi connectivity index (χ1v) is 9.37. The van der Waals surface area contributed by atoms with Crippen LogP contribution in [0.25, 0.3) is 0 Å². The van der Waals surface area contributed by atoms with Crippen molar-refractivity contribution in [2.24, 2.45) is 0 Å². The number of ether oxygens (including phenoxy) is 2. The van der Waals surface area contributed by atoms with Crippen molar-refractivity contribution in [2.75, 3.05) is 18.5 Å². The molecule has 0 unspecified atom stereocenters. The van der Waals surface area contributed by atoms with Crippen molar-refractivity contribution in [1.29, 1.82) is 5.26 Å². The summed E-state index contributed by atoms with van der Waals surface area (Å²) in [6.45, 7) is 2.87. The maximum Gasteiger partial charge on any atom is 0.255 e. The highest BCUT2D eigenvalue weighted by Gasteiger charge is 2.07. The third-order valence-corrected chi connectivity index (χ3v) is 4.03. The summed E-state index contributed by atoms with van der Waals surface area (Å²) in [5.74, 6) is 1.10. The number of nitriles is 1. The zero-order valence-corrected chi connectivity index (χ0v) is 15.7. The van der Waals surface area contributed by atoms with Crippen molar-refractivity contribution < 1.29 is 14.3 Å². The Morgan fingerprint density at radius 1 is 1.00 bits per heavy atom. The van der Waals surface area contributed by atoms with Crippen LogP contribution < -0.4 is 14.8 Å². The predicted octanol–water partition coefficient (Wildman–Crippen LogP) is 5.19. The number of hydrogen-bond acceptors (Lipinski definition) is 4. The number of rotatable bonds is 11. The van der Waals surface area contributed by atoms with Crippen LogP contribution in [0.3, 0.4) is 0 Å². The Kier molecular flexibility index (Phi) is 8.72. The van der Waals surface area contributed by atoms with Crippen molar-refractivity contribution in [1.82, 2.24) is 0 Å². The topological polar surface area (TPSA) is 71.3 Å². The third-order valence-electron chi connectivity index (χ3n) is 4.03. The van der Waals surface area contributed by atoms with E-state index in [2.05, 4.69) is 12.2 Å². The minimum Gasteiger partial charge on any atom is -0.494 e. The van der Waals surface area contributed by atoms with Crippen LogP contribution in [0.4, 0.5) is 5.69 Å². The standard InChI is InChI=1S/C22H26N2O3/c1-2-3-4-5-6-15-26-20-12-10-18(11-13-20)22(25)24-19-8-7-9-21(17-19)27-16-14-23/h7-13,17H,2-6,15-16H2,1H3,(H,24,25). The molecule has 0 spiro atoms. The van der Waals surface area contributed by atoms with Crippen molar-refractivity contribution in [2.45, 2.75) is 39.0 Å². The van der Waals surface area contributed by atoms with E-state index in [-0.39, 0.29) is 12.5 Å². The molecule has 0 radical (unpaired) electrons. The SMILES string of the molecule is CCCCCCCOc1ccc(C(=O)Nc2cccc(OCC#N)c2)cc1. The number of nitrogens with one attached hydrogen (secondary N) is 1. The summed E-state index contributed by atoms with van der Waals surface area (Å²) in [6, 6.07) is 16.0. The molecule has 0 aliphatic rings.